The lowest BCUT2D eigenvalue weighted by atomic mass is 10.1. The number of unbranched alkanes of at least 4 members (excludes halogenated alkanes) is 1. The zero-order chi connectivity index (χ0) is 23.6. The molecule has 1 aliphatic heterocycles. The summed E-state index contributed by atoms with van der Waals surface area (Å²) in [5.41, 5.74) is 2.45. The molecule has 2 aromatic heterocycles. The summed E-state index contributed by atoms with van der Waals surface area (Å²) in [7, 11) is 3.50. The first-order chi connectivity index (χ1) is 16.0. The Balaban J connectivity index is 1.49. The van der Waals surface area contributed by atoms with Crippen LogP contribution in [0.25, 0.3) is 0 Å². The van der Waals surface area contributed by atoms with Crippen molar-refractivity contribution < 1.29 is 14.6 Å². The van der Waals surface area contributed by atoms with Crippen molar-refractivity contribution in [3.63, 3.8) is 0 Å². The molecule has 2 unspecified atom stereocenters. The smallest absolute Gasteiger partial charge is 0.326 e. The van der Waals surface area contributed by atoms with Gasteiger partial charge in [-0.15, -0.1) is 0 Å². The van der Waals surface area contributed by atoms with Crippen LogP contribution in [0, 0.1) is 0 Å². The van der Waals surface area contributed by atoms with Crippen LogP contribution in [0.3, 0.4) is 0 Å². The SMILES string of the molecule is COC(C)CN(CCCCc1ccc2c(n1)NCCC2)CCC(Nc1ccnn1C)C(=O)O. The number of rotatable bonds is 14. The van der Waals surface area contributed by atoms with Crippen LogP contribution < -0.4 is 10.6 Å². The summed E-state index contributed by atoms with van der Waals surface area (Å²) in [6.45, 7) is 5.39. The molecule has 9 nitrogen and oxygen atoms in total. The number of aliphatic carboxylic acids is 1. The highest BCUT2D eigenvalue weighted by Gasteiger charge is 2.20. The van der Waals surface area contributed by atoms with E-state index in [-0.39, 0.29) is 6.10 Å². The lowest BCUT2D eigenvalue weighted by Crippen LogP contribution is -2.38. The van der Waals surface area contributed by atoms with Gasteiger partial charge in [-0.1, -0.05) is 6.07 Å². The van der Waals surface area contributed by atoms with E-state index in [0.29, 0.717) is 18.8 Å². The molecule has 9 heteroatoms. The number of carboxylic acid groups (broad SMARTS) is 1. The zero-order valence-electron chi connectivity index (χ0n) is 20.1. The molecule has 0 aromatic carbocycles. The number of hydrogen-bond donors (Lipinski definition) is 3. The van der Waals surface area contributed by atoms with E-state index in [1.54, 1.807) is 31.1 Å². The Bertz CT molecular complexity index is 887. The maximum atomic E-state index is 11.8. The number of aromatic nitrogens is 3. The third-order valence-corrected chi connectivity index (χ3v) is 6.20. The maximum Gasteiger partial charge on any atom is 0.326 e. The Kier molecular flexibility index (Phi) is 9.50. The molecular formula is C24H38N6O3. The number of carboxylic acids is 1. The van der Waals surface area contributed by atoms with Crippen LogP contribution in [0.4, 0.5) is 11.6 Å². The van der Waals surface area contributed by atoms with E-state index in [9.17, 15) is 9.90 Å². The van der Waals surface area contributed by atoms with Crippen molar-refractivity contribution in [3.05, 3.63) is 35.7 Å². The number of anilines is 2. The summed E-state index contributed by atoms with van der Waals surface area (Å²) < 4.78 is 7.11. The minimum Gasteiger partial charge on any atom is -0.480 e. The predicted molar refractivity (Wildman–Crippen MR) is 130 cm³/mol. The van der Waals surface area contributed by atoms with Crippen LogP contribution in [0.5, 0.6) is 0 Å². The third kappa shape index (κ3) is 7.71. The van der Waals surface area contributed by atoms with Gasteiger partial charge < -0.3 is 25.4 Å². The van der Waals surface area contributed by atoms with Crippen molar-refractivity contribution in [2.24, 2.45) is 7.05 Å². The van der Waals surface area contributed by atoms with Gasteiger partial charge in [-0.3, -0.25) is 4.68 Å². The number of nitrogens with one attached hydrogen (secondary N) is 2. The first-order valence-electron chi connectivity index (χ1n) is 11.9. The van der Waals surface area contributed by atoms with E-state index in [2.05, 4.69) is 32.8 Å². The fourth-order valence-electron chi connectivity index (χ4n) is 4.15. The standard InChI is InChI=1S/C24H38N6O3/c1-18(33-3)17-30(16-12-21(24(31)32)28-22-11-14-26-29(22)2)15-5-4-8-20-10-9-19-7-6-13-25-23(19)27-20/h9-11,14,18,21,28H,4-8,12-13,15-17H2,1-3H3,(H,25,27)(H,31,32). The average Bonchev–Trinajstić information content (AvgIpc) is 3.22. The Morgan fingerprint density at radius 3 is 2.91 bits per heavy atom. The fraction of sp³-hybridized carbons (Fsp3) is 0.625. The van der Waals surface area contributed by atoms with E-state index in [0.717, 1.165) is 56.8 Å². The molecule has 1 aliphatic rings. The van der Waals surface area contributed by atoms with Crippen molar-refractivity contribution >= 4 is 17.6 Å². The summed E-state index contributed by atoms with van der Waals surface area (Å²) in [5, 5.41) is 20.3. The summed E-state index contributed by atoms with van der Waals surface area (Å²) in [4.78, 5) is 18.9. The fourth-order valence-corrected chi connectivity index (χ4v) is 4.15. The molecule has 2 atom stereocenters. The molecule has 0 amide bonds. The van der Waals surface area contributed by atoms with Crippen LogP contribution in [-0.2, 0) is 29.4 Å². The molecule has 0 spiro atoms. The molecular weight excluding hydrogens is 420 g/mol. The van der Waals surface area contributed by atoms with Gasteiger partial charge in [-0.25, -0.2) is 9.78 Å². The number of pyridine rings is 1. The summed E-state index contributed by atoms with van der Waals surface area (Å²) in [6, 6.07) is 5.47. The highest BCUT2D eigenvalue weighted by Crippen LogP contribution is 2.20. The van der Waals surface area contributed by atoms with Gasteiger partial charge in [0.2, 0.25) is 0 Å². The highest BCUT2D eigenvalue weighted by atomic mass is 16.5. The number of carbonyl (C=O) groups is 1. The van der Waals surface area contributed by atoms with Gasteiger partial charge in [-0.05, 0) is 63.6 Å². The normalized spacial score (nSPS) is 15.0. The van der Waals surface area contributed by atoms with Gasteiger partial charge >= 0.3 is 5.97 Å². The van der Waals surface area contributed by atoms with Crippen molar-refractivity contribution in [2.45, 2.75) is 57.6 Å². The number of fused-ring (bicyclic) bond motifs is 1. The van der Waals surface area contributed by atoms with Gasteiger partial charge in [0.1, 0.15) is 17.7 Å². The van der Waals surface area contributed by atoms with E-state index in [1.165, 1.54) is 12.0 Å². The van der Waals surface area contributed by atoms with Crippen LogP contribution >= 0.6 is 0 Å². The molecule has 3 N–H and O–H groups in total. The molecule has 2 aromatic rings. The topological polar surface area (TPSA) is 105 Å². The highest BCUT2D eigenvalue weighted by molar-refractivity contribution is 5.76. The monoisotopic (exact) mass is 458 g/mol. The van der Waals surface area contributed by atoms with E-state index >= 15 is 0 Å². The molecule has 3 heterocycles. The Morgan fingerprint density at radius 1 is 1.33 bits per heavy atom. The maximum absolute atomic E-state index is 11.8. The molecule has 182 valence electrons. The van der Waals surface area contributed by atoms with E-state index < -0.39 is 12.0 Å². The largest absolute Gasteiger partial charge is 0.480 e. The third-order valence-electron chi connectivity index (χ3n) is 6.20. The minimum atomic E-state index is -0.858. The second-order valence-electron chi connectivity index (χ2n) is 8.81. The van der Waals surface area contributed by atoms with Gasteiger partial charge in [0.05, 0.1) is 12.3 Å². The summed E-state index contributed by atoms with van der Waals surface area (Å²) in [5.74, 6) is 0.893. The molecule has 0 bridgehead atoms. The predicted octanol–water partition coefficient (Wildman–Crippen LogP) is 2.79. The first-order valence-corrected chi connectivity index (χ1v) is 11.9. The Hall–Kier alpha value is -2.65. The lowest BCUT2D eigenvalue weighted by molar-refractivity contribution is -0.138. The van der Waals surface area contributed by atoms with Crippen molar-refractivity contribution in [3.8, 4) is 0 Å². The van der Waals surface area contributed by atoms with Crippen LogP contribution in [0.2, 0.25) is 0 Å². The molecule has 0 aliphatic carbocycles. The van der Waals surface area contributed by atoms with Crippen LogP contribution in [-0.4, -0.2) is 76.2 Å². The minimum absolute atomic E-state index is 0.0895. The first kappa shape index (κ1) is 25.0. The lowest BCUT2D eigenvalue weighted by Gasteiger charge is -2.27. The second-order valence-corrected chi connectivity index (χ2v) is 8.81. The van der Waals surface area contributed by atoms with E-state index in [1.807, 2.05) is 6.92 Å². The Morgan fingerprint density at radius 2 is 2.18 bits per heavy atom. The molecule has 0 fully saturated rings. The van der Waals surface area contributed by atoms with Crippen LogP contribution in [0.15, 0.2) is 24.4 Å². The van der Waals surface area contributed by atoms with Crippen molar-refractivity contribution in [1.29, 1.82) is 0 Å². The van der Waals surface area contributed by atoms with Crippen LogP contribution in [0.1, 0.15) is 43.9 Å². The van der Waals surface area contributed by atoms with Crippen molar-refractivity contribution in [1.82, 2.24) is 19.7 Å². The Labute approximate surface area is 196 Å². The number of methoxy groups -OCH3 is 1. The summed E-state index contributed by atoms with van der Waals surface area (Å²) >= 11 is 0. The molecule has 0 saturated carbocycles. The quantitative estimate of drug-likeness (QED) is 0.371. The molecule has 33 heavy (non-hydrogen) atoms. The zero-order valence-corrected chi connectivity index (χ0v) is 20.1. The van der Waals surface area contributed by atoms with Gasteiger partial charge in [0, 0.05) is 45.6 Å². The number of aryl methyl sites for hydroxylation is 3. The molecule has 0 saturated heterocycles. The van der Waals surface area contributed by atoms with Gasteiger partial charge in [0.25, 0.3) is 0 Å². The van der Waals surface area contributed by atoms with E-state index in [4.69, 9.17) is 9.72 Å². The van der Waals surface area contributed by atoms with Gasteiger partial charge in [-0.2, -0.15) is 5.10 Å². The number of hydrogen-bond acceptors (Lipinski definition) is 7. The van der Waals surface area contributed by atoms with Crippen molar-refractivity contribution in [2.75, 3.05) is 43.9 Å². The second kappa shape index (κ2) is 12.6. The number of ether oxygens (including phenoxy) is 1. The molecule has 3 rings (SSSR count). The molecule has 0 radical (unpaired) electrons. The average molecular weight is 459 g/mol. The summed E-state index contributed by atoms with van der Waals surface area (Å²) in [6.07, 6.45) is 7.53. The van der Waals surface area contributed by atoms with Gasteiger partial charge in [0.15, 0.2) is 0 Å². The number of nitrogens with zero attached hydrogens (tertiary/aromatic N) is 4.